The van der Waals surface area contributed by atoms with E-state index in [2.05, 4.69) is 24.3 Å². The zero-order valence-corrected chi connectivity index (χ0v) is 16.7. The Balaban J connectivity index is 2.17. The summed E-state index contributed by atoms with van der Waals surface area (Å²) < 4.78 is 27.6. The van der Waals surface area contributed by atoms with E-state index in [9.17, 15) is 13.6 Å². The number of aromatic nitrogens is 2. The van der Waals surface area contributed by atoms with Crippen molar-refractivity contribution in [3.05, 3.63) is 41.8 Å². The van der Waals surface area contributed by atoms with Crippen LogP contribution in [0.4, 0.5) is 8.78 Å². The first-order valence-corrected chi connectivity index (χ1v) is 9.75. The van der Waals surface area contributed by atoms with Gasteiger partial charge in [-0.05, 0) is 31.1 Å². The molecule has 1 N–H and O–H groups in total. The molecule has 2 atom stereocenters. The van der Waals surface area contributed by atoms with Gasteiger partial charge in [0.15, 0.2) is 0 Å². The number of amides is 1. The second-order valence-electron chi connectivity index (χ2n) is 7.73. The van der Waals surface area contributed by atoms with Crippen LogP contribution in [0, 0.1) is 17.8 Å². The van der Waals surface area contributed by atoms with Crippen LogP contribution >= 0.6 is 0 Å². The number of carbonyl (C=O) groups excluding carboxylic acids is 1. The van der Waals surface area contributed by atoms with Crippen LogP contribution in [0.5, 0.6) is 0 Å². The van der Waals surface area contributed by atoms with Crippen molar-refractivity contribution in [2.24, 2.45) is 24.8 Å². The largest absolute Gasteiger partial charge is 0.346 e. The molecule has 1 amide bonds. The maximum absolute atomic E-state index is 13.2. The molecule has 1 fully saturated rings. The van der Waals surface area contributed by atoms with Crippen LogP contribution in [0.15, 0.2) is 30.5 Å². The van der Waals surface area contributed by atoms with Gasteiger partial charge in [-0.25, -0.2) is 8.78 Å². The molecule has 0 spiro atoms. The van der Waals surface area contributed by atoms with Gasteiger partial charge >= 0.3 is 0 Å². The van der Waals surface area contributed by atoms with Gasteiger partial charge in [-0.3, -0.25) is 9.48 Å². The minimum absolute atomic E-state index is 0.0540. The fourth-order valence-corrected chi connectivity index (χ4v) is 3.75. The van der Waals surface area contributed by atoms with Crippen LogP contribution in [-0.4, -0.2) is 21.7 Å². The predicted octanol–water partition coefficient (Wildman–Crippen LogP) is 5.05. The molecule has 2 unspecified atom stereocenters. The summed E-state index contributed by atoms with van der Waals surface area (Å²) in [6.07, 6.45) is 10.8. The number of hydrogen-bond donors (Lipinski definition) is 1. The molecule has 0 radical (unpaired) electrons. The lowest BCUT2D eigenvalue weighted by atomic mass is 9.69. The van der Waals surface area contributed by atoms with E-state index < -0.39 is 18.0 Å². The first kappa shape index (κ1) is 21.3. The van der Waals surface area contributed by atoms with Crippen LogP contribution in [0.1, 0.15) is 68.9 Å². The highest BCUT2D eigenvalue weighted by Gasteiger charge is 2.32. The minimum atomic E-state index is -2.78. The van der Waals surface area contributed by atoms with E-state index in [4.69, 9.17) is 0 Å². The Morgan fingerprint density at radius 3 is 2.59 bits per heavy atom. The SMILES string of the molecule is C/C=C\C=C/C(CC(C(C)C)C1CCC1)NC(=O)c1cn(C)nc1C(F)F. The number of alkyl halides is 2. The van der Waals surface area contributed by atoms with E-state index in [0.29, 0.717) is 17.8 Å². The third kappa shape index (κ3) is 5.75. The standard InChI is InChI=1S/C21H31F2N3O/c1-5-6-7-11-16(12-17(14(2)3)15-9-8-10-15)24-21(27)18-13-26(4)25-19(18)20(22)23/h5-7,11,13-17,20H,8-10,12H2,1-4H3,(H,24,27)/b6-5-,11-7-. The number of hydrogen-bond acceptors (Lipinski definition) is 2. The topological polar surface area (TPSA) is 46.9 Å². The number of aryl methyl sites for hydroxylation is 1. The average molecular weight is 379 g/mol. The lowest BCUT2D eigenvalue weighted by molar-refractivity contribution is 0.0906. The molecule has 1 saturated carbocycles. The van der Waals surface area contributed by atoms with E-state index >= 15 is 0 Å². The fraction of sp³-hybridized carbons (Fsp3) is 0.619. The third-order valence-electron chi connectivity index (χ3n) is 5.41. The maximum Gasteiger partial charge on any atom is 0.282 e. The zero-order chi connectivity index (χ0) is 20.0. The molecule has 27 heavy (non-hydrogen) atoms. The summed E-state index contributed by atoms with van der Waals surface area (Å²) in [5.41, 5.74) is -0.521. The summed E-state index contributed by atoms with van der Waals surface area (Å²) in [6, 6.07) is -0.201. The molecular formula is C21H31F2N3O. The van der Waals surface area contributed by atoms with Gasteiger partial charge in [-0.1, -0.05) is 57.4 Å². The maximum atomic E-state index is 13.2. The predicted molar refractivity (Wildman–Crippen MR) is 104 cm³/mol. The molecule has 0 saturated heterocycles. The van der Waals surface area contributed by atoms with Crippen LogP contribution in [-0.2, 0) is 7.05 Å². The Kier molecular flexibility index (Phi) is 7.75. The van der Waals surface area contributed by atoms with Crippen molar-refractivity contribution in [2.45, 2.75) is 58.9 Å². The van der Waals surface area contributed by atoms with Crippen molar-refractivity contribution >= 4 is 5.91 Å². The quantitative estimate of drug-likeness (QED) is 0.610. The van der Waals surface area contributed by atoms with E-state index in [1.165, 1.54) is 37.2 Å². The van der Waals surface area contributed by atoms with Gasteiger partial charge in [-0.15, -0.1) is 0 Å². The molecule has 1 heterocycles. The molecule has 0 aliphatic heterocycles. The summed E-state index contributed by atoms with van der Waals surface area (Å²) in [5, 5.41) is 6.67. The smallest absolute Gasteiger partial charge is 0.282 e. The van der Waals surface area contributed by atoms with E-state index in [1.807, 2.05) is 31.2 Å². The second-order valence-corrected chi connectivity index (χ2v) is 7.73. The Hall–Kier alpha value is -1.98. The fourth-order valence-electron chi connectivity index (χ4n) is 3.75. The molecule has 0 bridgehead atoms. The Morgan fingerprint density at radius 2 is 2.07 bits per heavy atom. The molecule has 0 aromatic carbocycles. The van der Waals surface area contributed by atoms with Crippen molar-refractivity contribution in [1.82, 2.24) is 15.1 Å². The molecule has 6 heteroatoms. The van der Waals surface area contributed by atoms with Crippen LogP contribution in [0.3, 0.4) is 0 Å². The van der Waals surface area contributed by atoms with Gasteiger partial charge < -0.3 is 5.32 Å². The first-order chi connectivity index (χ1) is 12.8. The van der Waals surface area contributed by atoms with Crippen LogP contribution in [0.2, 0.25) is 0 Å². The van der Waals surface area contributed by atoms with Crippen molar-refractivity contribution in [1.29, 1.82) is 0 Å². The van der Waals surface area contributed by atoms with Gasteiger partial charge in [0, 0.05) is 19.3 Å². The average Bonchev–Trinajstić information content (AvgIpc) is 2.94. The molecule has 1 aromatic heterocycles. The Morgan fingerprint density at radius 1 is 1.37 bits per heavy atom. The number of nitrogens with one attached hydrogen (secondary N) is 1. The highest BCUT2D eigenvalue weighted by Crippen LogP contribution is 2.39. The number of allylic oxidation sites excluding steroid dienone is 3. The molecule has 1 aliphatic rings. The van der Waals surface area contributed by atoms with Crippen molar-refractivity contribution in [2.75, 3.05) is 0 Å². The number of halogens is 2. The molecule has 150 valence electrons. The van der Waals surface area contributed by atoms with E-state index in [-0.39, 0.29) is 11.6 Å². The third-order valence-corrected chi connectivity index (χ3v) is 5.41. The van der Waals surface area contributed by atoms with Gasteiger partial charge in [-0.2, -0.15) is 5.10 Å². The summed E-state index contributed by atoms with van der Waals surface area (Å²) >= 11 is 0. The van der Waals surface area contributed by atoms with Crippen molar-refractivity contribution in [3.8, 4) is 0 Å². The van der Waals surface area contributed by atoms with Gasteiger partial charge in [0.1, 0.15) is 5.69 Å². The summed E-state index contributed by atoms with van der Waals surface area (Å²) in [4.78, 5) is 12.7. The van der Waals surface area contributed by atoms with Gasteiger partial charge in [0.2, 0.25) is 0 Å². The van der Waals surface area contributed by atoms with E-state index in [1.54, 1.807) is 0 Å². The first-order valence-electron chi connectivity index (χ1n) is 9.75. The normalized spacial score (nSPS) is 17.8. The monoisotopic (exact) mass is 379 g/mol. The summed E-state index contributed by atoms with van der Waals surface area (Å²) in [5.74, 6) is 1.21. The van der Waals surface area contributed by atoms with Gasteiger partial charge in [0.25, 0.3) is 12.3 Å². The van der Waals surface area contributed by atoms with Crippen molar-refractivity contribution < 1.29 is 13.6 Å². The molecule has 1 aromatic rings. The molecule has 1 aliphatic carbocycles. The molecular weight excluding hydrogens is 348 g/mol. The highest BCUT2D eigenvalue weighted by atomic mass is 19.3. The Labute approximate surface area is 160 Å². The van der Waals surface area contributed by atoms with Crippen LogP contribution < -0.4 is 5.32 Å². The van der Waals surface area contributed by atoms with Crippen LogP contribution in [0.25, 0.3) is 0 Å². The molecule has 4 nitrogen and oxygen atoms in total. The second kappa shape index (κ2) is 9.81. The summed E-state index contributed by atoms with van der Waals surface area (Å²) in [7, 11) is 1.54. The highest BCUT2D eigenvalue weighted by molar-refractivity contribution is 5.95. The number of nitrogens with zero attached hydrogens (tertiary/aromatic N) is 2. The minimum Gasteiger partial charge on any atom is -0.346 e. The lowest BCUT2D eigenvalue weighted by Gasteiger charge is -2.38. The van der Waals surface area contributed by atoms with E-state index in [0.717, 1.165) is 6.42 Å². The summed E-state index contributed by atoms with van der Waals surface area (Å²) in [6.45, 7) is 6.36. The number of rotatable bonds is 9. The van der Waals surface area contributed by atoms with Gasteiger partial charge in [0.05, 0.1) is 5.56 Å². The number of carbonyl (C=O) groups is 1. The van der Waals surface area contributed by atoms with Crippen molar-refractivity contribution in [3.63, 3.8) is 0 Å². The molecule has 2 rings (SSSR count). The lowest BCUT2D eigenvalue weighted by Crippen LogP contribution is -2.38. The zero-order valence-electron chi connectivity index (χ0n) is 16.7. The Bertz CT molecular complexity index is 675.